The first-order valence-electron chi connectivity index (χ1n) is 6.46. The van der Waals surface area contributed by atoms with Crippen molar-refractivity contribution < 1.29 is 14.2 Å². The van der Waals surface area contributed by atoms with E-state index in [9.17, 15) is 9.50 Å². The average Bonchev–Trinajstić information content (AvgIpc) is 2.86. The number of hydrogen-bond acceptors (Lipinski definition) is 2. The van der Waals surface area contributed by atoms with Crippen LogP contribution in [0.3, 0.4) is 0 Å². The third-order valence-corrected chi connectivity index (χ3v) is 3.53. The minimum atomic E-state index is -0.443. The van der Waals surface area contributed by atoms with Crippen molar-refractivity contribution in [3.63, 3.8) is 0 Å². The molecule has 2 aromatic rings. The highest BCUT2D eigenvalue weighted by Crippen LogP contribution is 2.31. The SMILES string of the molecule is OCc1c(F)cccc1Oc1ccc2c(c1)CCC2. The maximum Gasteiger partial charge on any atom is 0.135 e. The van der Waals surface area contributed by atoms with Crippen LogP contribution in [0.1, 0.15) is 23.1 Å². The molecule has 1 aliphatic rings. The number of aliphatic hydroxyl groups excluding tert-OH is 1. The largest absolute Gasteiger partial charge is 0.457 e. The van der Waals surface area contributed by atoms with E-state index in [1.807, 2.05) is 12.1 Å². The second-order valence-electron chi connectivity index (χ2n) is 4.76. The van der Waals surface area contributed by atoms with Gasteiger partial charge in [0.25, 0.3) is 0 Å². The molecular weight excluding hydrogens is 243 g/mol. The molecular formula is C16H15FO2. The highest BCUT2D eigenvalue weighted by atomic mass is 19.1. The van der Waals surface area contributed by atoms with Crippen molar-refractivity contribution in [2.24, 2.45) is 0 Å². The van der Waals surface area contributed by atoms with Crippen LogP contribution in [0, 0.1) is 5.82 Å². The Morgan fingerprint density at radius 2 is 1.95 bits per heavy atom. The average molecular weight is 258 g/mol. The molecule has 3 rings (SSSR count). The lowest BCUT2D eigenvalue weighted by Crippen LogP contribution is -1.96. The molecule has 0 aliphatic heterocycles. The topological polar surface area (TPSA) is 29.5 Å². The van der Waals surface area contributed by atoms with E-state index in [0.29, 0.717) is 11.5 Å². The molecule has 1 aliphatic carbocycles. The highest BCUT2D eigenvalue weighted by molar-refractivity contribution is 5.42. The summed E-state index contributed by atoms with van der Waals surface area (Å²) >= 11 is 0. The number of aliphatic hydroxyl groups is 1. The van der Waals surface area contributed by atoms with Crippen molar-refractivity contribution in [1.82, 2.24) is 0 Å². The van der Waals surface area contributed by atoms with Gasteiger partial charge in [-0.3, -0.25) is 0 Å². The van der Waals surface area contributed by atoms with Crippen LogP contribution in [-0.4, -0.2) is 5.11 Å². The van der Waals surface area contributed by atoms with Crippen LogP contribution in [0.4, 0.5) is 4.39 Å². The zero-order chi connectivity index (χ0) is 13.2. The van der Waals surface area contributed by atoms with Crippen molar-refractivity contribution in [3.05, 3.63) is 58.9 Å². The quantitative estimate of drug-likeness (QED) is 0.911. The standard InChI is InChI=1S/C16H15FO2/c17-15-5-2-6-16(14(15)10-18)19-13-8-7-11-3-1-4-12(11)9-13/h2,5-9,18H,1,3-4,10H2. The number of aryl methyl sites for hydroxylation is 2. The predicted molar refractivity (Wildman–Crippen MR) is 70.9 cm³/mol. The summed E-state index contributed by atoms with van der Waals surface area (Å²) in [5, 5.41) is 9.21. The normalized spacial score (nSPS) is 13.4. The number of rotatable bonds is 3. The Labute approximate surface area is 111 Å². The Bertz CT molecular complexity index is 608. The van der Waals surface area contributed by atoms with Gasteiger partial charge in [-0.25, -0.2) is 4.39 Å². The Morgan fingerprint density at radius 1 is 1.11 bits per heavy atom. The van der Waals surface area contributed by atoms with Gasteiger partial charge < -0.3 is 9.84 Å². The third-order valence-electron chi connectivity index (χ3n) is 3.53. The van der Waals surface area contributed by atoms with Gasteiger partial charge in [-0.1, -0.05) is 12.1 Å². The van der Waals surface area contributed by atoms with E-state index in [1.165, 1.54) is 23.6 Å². The van der Waals surface area contributed by atoms with Crippen molar-refractivity contribution >= 4 is 0 Å². The van der Waals surface area contributed by atoms with E-state index >= 15 is 0 Å². The predicted octanol–water partition coefficient (Wildman–Crippen LogP) is 3.60. The van der Waals surface area contributed by atoms with Gasteiger partial charge in [0, 0.05) is 0 Å². The first-order chi connectivity index (χ1) is 9.28. The molecule has 0 heterocycles. The molecule has 0 unspecified atom stereocenters. The first kappa shape index (κ1) is 12.2. The summed E-state index contributed by atoms with van der Waals surface area (Å²) in [6, 6.07) is 10.5. The summed E-state index contributed by atoms with van der Waals surface area (Å²) in [6.45, 7) is -0.368. The summed E-state index contributed by atoms with van der Waals surface area (Å²) in [6.07, 6.45) is 3.38. The smallest absolute Gasteiger partial charge is 0.135 e. The fraction of sp³-hybridized carbons (Fsp3) is 0.250. The maximum atomic E-state index is 13.5. The fourth-order valence-corrected chi connectivity index (χ4v) is 2.53. The second-order valence-corrected chi connectivity index (χ2v) is 4.76. The number of fused-ring (bicyclic) bond motifs is 1. The third kappa shape index (κ3) is 2.34. The van der Waals surface area contributed by atoms with Crippen LogP contribution in [0.15, 0.2) is 36.4 Å². The second kappa shape index (κ2) is 5.02. The molecule has 0 aromatic heterocycles. The molecule has 2 nitrogen and oxygen atoms in total. The lowest BCUT2D eigenvalue weighted by molar-refractivity contribution is 0.270. The molecule has 0 amide bonds. The van der Waals surface area contributed by atoms with Crippen LogP contribution in [-0.2, 0) is 19.4 Å². The summed E-state index contributed by atoms with van der Waals surface area (Å²) in [5.41, 5.74) is 2.87. The monoisotopic (exact) mass is 258 g/mol. The lowest BCUT2D eigenvalue weighted by Gasteiger charge is -2.11. The number of benzene rings is 2. The van der Waals surface area contributed by atoms with Crippen LogP contribution in [0.2, 0.25) is 0 Å². The van der Waals surface area contributed by atoms with Crippen molar-refractivity contribution in [1.29, 1.82) is 0 Å². The molecule has 1 N–H and O–H groups in total. The Balaban J connectivity index is 1.91. The zero-order valence-corrected chi connectivity index (χ0v) is 10.5. The summed E-state index contributed by atoms with van der Waals surface area (Å²) in [7, 11) is 0. The van der Waals surface area contributed by atoms with E-state index in [0.717, 1.165) is 12.8 Å². The van der Waals surface area contributed by atoms with E-state index in [4.69, 9.17) is 4.74 Å². The van der Waals surface area contributed by atoms with Crippen LogP contribution >= 0.6 is 0 Å². The van der Waals surface area contributed by atoms with Gasteiger partial charge in [-0.2, -0.15) is 0 Å². The molecule has 2 aromatic carbocycles. The van der Waals surface area contributed by atoms with Crippen molar-refractivity contribution in [2.75, 3.05) is 0 Å². The van der Waals surface area contributed by atoms with Crippen molar-refractivity contribution in [3.8, 4) is 11.5 Å². The van der Waals surface area contributed by atoms with Gasteiger partial charge in [0.1, 0.15) is 17.3 Å². The minimum Gasteiger partial charge on any atom is -0.457 e. The van der Waals surface area contributed by atoms with Gasteiger partial charge in [0.2, 0.25) is 0 Å². The maximum absolute atomic E-state index is 13.5. The molecule has 0 radical (unpaired) electrons. The lowest BCUT2D eigenvalue weighted by atomic mass is 10.1. The van der Waals surface area contributed by atoms with E-state index in [1.54, 1.807) is 12.1 Å². The molecule has 0 fully saturated rings. The molecule has 19 heavy (non-hydrogen) atoms. The minimum absolute atomic E-state index is 0.197. The summed E-state index contributed by atoms with van der Waals surface area (Å²) < 4.78 is 19.2. The van der Waals surface area contributed by atoms with Crippen molar-refractivity contribution in [2.45, 2.75) is 25.9 Å². The summed E-state index contributed by atoms with van der Waals surface area (Å²) in [5.74, 6) is 0.627. The fourth-order valence-electron chi connectivity index (χ4n) is 2.53. The van der Waals surface area contributed by atoms with Crippen LogP contribution in [0.25, 0.3) is 0 Å². The number of hydrogen-bond donors (Lipinski definition) is 1. The van der Waals surface area contributed by atoms with E-state index in [2.05, 4.69) is 6.07 Å². The number of halogens is 1. The van der Waals surface area contributed by atoms with Gasteiger partial charge in [0.05, 0.1) is 12.2 Å². The van der Waals surface area contributed by atoms with E-state index < -0.39 is 5.82 Å². The molecule has 0 atom stereocenters. The zero-order valence-electron chi connectivity index (χ0n) is 10.5. The van der Waals surface area contributed by atoms with Crippen LogP contribution < -0.4 is 4.74 Å². The van der Waals surface area contributed by atoms with E-state index in [-0.39, 0.29) is 12.2 Å². The van der Waals surface area contributed by atoms with Gasteiger partial charge in [0.15, 0.2) is 0 Å². The first-order valence-corrected chi connectivity index (χ1v) is 6.46. The molecule has 0 bridgehead atoms. The van der Waals surface area contributed by atoms with Gasteiger partial charge in [-0.15, -0.1) is 0 Å². The highest BCUT2D eigenvalue weighted by Gasteiger charge is 2.13. The number of ether oxygens (including phenoxy) is 1. The Kier molecular flexibility index (Phi) is 3.22. The molecule has 0 saturated carbocycles. The molecule has 0 saturated heterocycles. The Hall–Kier alpha value is -1.87. The molecule has 3 heteroatoms. The van der Waals surface area contributed by atoms with Crippen LogP contribution in [0.5, 0.6) is 11.5 Å². The van der Waals surface area contributed by atoms with Gasteiger partial charge in [-0.05, 0) is 54.7 Å². The molecule has 0 spiro atoms. The Morgan fingerprint density at radius 3 is 2.79 bits per heavy atom. The van der Waals surface area contributed by atoms with Gasteiger partial charge >= 0.3 is 0 Å². The molecule has 98 valence electrons. The summed E-state index contributed by atoms with van der Waals surface area (Å²) in [4.78, 5) is 0.